The third kappa shape index (κ3) is 3.54. The Morgan fingerprint density at radius 3 is 2.53 bits per heavy atom. The lowest BCUT2D eigenvalue weighted by atomic mass is 10.1. The van der Waals surface area contributed by atoms with Crippen molar-refractivity contribution in [2.45, 2.75) is 18.6 Å². The number of hydrogen-bond donors (Lipinski definition) is 1. The number of hydrogen-bond acceptors (Lipinski definition) is 3. The van der Waals surface area contributed by atoms with Crippen molar-refractivity contribution in [3.8, 4) is 0 Å². The Hall–Kier alpha value is -0.950. The smallest absolute Gasteiger partial charge is 0.381 e. The number of anilines is 1. The summed E-state index contributed by atoms with van der Waals surface area (Å²) in [6, 6.07) is 3.10. The van der Waals surface area contributed by atoms with Crippen LogP contribution >= 0.6 is 11.6 Å². The Kier molecular flexibility index (Phi) is 3.70. The van der Waals surface area contributed by atoms with E-state index in [1.165, 1.54) is 6.07 Å². The summed E-state index contributed by atoms with van der Waals surface area (Å²) in [5.41, 5.74) is -0.709. The number of sulfone groups is 1. The molecule has 1 aliphatic rings. The third-order valence-electron chi connectivity index (χ3n) is 2.87. The van der Waals surface area contributed by atoms with Gasteiger partial charge in [0.05, 0.1) is 22.1 Å². The van der Waals surface area contributed by atoms with E-state index in [1.807, 2.05) is 0 Å². The molecule has 1 aromatic carbocycles. The fraction of sp³-hybridized carbons (Fsp3) is 0.455. The van der Waals surface area contributed by atoms with Crippen LogP contribution in [0.4, 0.5) is 18.9 Å². The molecule has 1 saturated heterocycles. The SMILES string of the molecule is O=S1(=O)CCC(Nc2ccc(Cl)c(C(F)(F)F)c2)C1. The molecule has 1 unspecified atom stereocenters. The molecule has 1 heterocycles. The maximum atomic E-state index is 12.7. The predicted octanol–water partition coefficient (Wildman–Crippen LogP) is 2.96. The first-order valence-corrected chi connectivity index (χ1v) is 7.71. The standard InChI is InChI=1S/C11H11ClF3NO2S/c12-10-2-1-7(5-9(10)11(13,14)15)16-8-3-4-19(17,18)6-8/h1-2,5,8,16H,3-4,6H2. The zero-order valence-electron chi connectivity index (χ0n) is 9.67. The summed E-state index contributed by atoms with van der Waals surface area (Å²) in [5, 5.41) is 2.42. The minimum Gasteiger partial charge on any atom is -0.381 e. The molecule has 19 heavy (non-hydrogen) atoms. The molecule has 106 valence electrons. The Bertz CT molecular complexity index is 586. The van der Waals surface area contributed by atoms with Crippen molar-refractivity contribution >= 4 is 27.1 Å². The fourth-order valence-corrected chi connectivity index (χ4v) is 3.87. The summed E-state index contributed by atoms with van der Waals surface area (Å²) in [5.74, 6) is 0.00135. The first-order valence-electron chi connectivity index (χ1n) is 5.51. The molecule has 1 aliphatic heterocycles. The van der Waals surface area contributed by atoms with Crippen LogP contribution in [0.2, 0.25) is 5.02 Å². The van der Waals surface area contributed by atoms with Crippen LogP contribution < -0.4 is 5.32 Å². The summed E-state index contributed by atoms with van der Waals surface area (Å²) in [6.07, 6.45) is -4.14. The van der Waals surface area contributed by atoms with Gasteiger partial charge < -0.3 is 5.32 Å². The van der Waals surface area contributed by atoms with Crippen molar-refractivity contribution < 1.29 is 21.6 Å². The molecule has 1 N–H and O–H groups in total. The van der Waals surface area contributed by atoms with Gasteiger partial charge in [-0.2, -0.15) is 13.2 Å². The molecule has 1 atom stereocenters. The van der Waals surface area contributed by atoms with E-state index in [0.29, 0.717) is 6.42 Å². The molecule has 2 rings (SSSR count). The van der Waals surface area contributed by atoms with Gasteiger partial charge in [-0.05, 0) is 24.6 Å². The number of benzene rings is 1. The summed E-state index contributed by atoms with van der Waals surface area (Å²) >= 11 is 5.50. The topological polar surface area (TPSA) is 46.2 Å². The summed E-state index contributed by atoms with van der Waals surface area (Å²) in [6.45, 7) is 0. The van der Waals surface area contributed by atoms with Gasteiger partial charge in [0.1, 0.15) is 0 Å². The highest BCUT2D eigenvalue weighted by Gasteiger charge is 2.34. The highest BCUT2D eigenvalue weighted by molar-refractivity contribution is 7.91. The lowest BCUT2D eigenvalue weighted by molar-refractivity contribution is -0.137. The quantitative estimate of drug-likeness (QED) is 0.913. The van der Waals surface area contributed by atoms with Crippen molar-refractivity contribution in [2.75, 3.05) is 16.8 Å². The highest BCUT2D eigenvalue weighted by atomic mass is 35.5. The van der Waals surface area contributed by atoms with Crippen molar-refractivity contribution in [1.82, 2.24) is 0 Å². The lowest BCUT2D eigenvalue weighted by Crippen LogP contribution is -2.21. The Labute approximate surface area is 113 Å². The van der Waals surface area contributed by atoms with Gasteiger partial charge in [0, 0.05) is 11.7 Å². The Balaban J connectivity index is 2.19. The second-order valence-electron chi connectivity index (χ2n) is 4.44. The van der Waals surface area contributed by atoms with Crippen molar-refractivity contribution in [2.24, 2.45) is 0 Å². The molecule has 3 nitrogen and oxygen atoms in total. The molecule has 0 bridgehead atoms. The normalized spacial score (nSPS) is 22.4. The largest absolute Gasteiger partial charge is 0.417 e. The van der Waals surface area contributed by atoms with Gasteiger partial charge in [-0.3, -0.25) is 0 Å². The molecule has 8 heteroatoms. The monoisotopic (exact) mass is 313 g/mol. The first kappa shape index (κ1) is 14.5. The molecule has 0 amide bonds. The van der Waals surface area contributed by atoms with Gasteiger partial charge in [0.2, 0.25) is 0 Å². The van der Waals surface area contributed by atoms with Gasteiger partial charge in [0.25, 0.3) is 0 Å². The second kappa shape index (κ2) is 4.86. The lowest BCUT2D eigenvalue weighted by Gasteiger charge is -2.15. The van der Waals surface area contributed by atoms with E-state index in [9.17, 15) is 21.6 Å². The van der Waals surface area contributed by atoms with E-state index in [-0.39, 0.29) is 28.3 Å². The van der Waals surface area contributed by atoms with Crippen LogP contribution in [0.25, 0.3) is 0 Å². The van der Waals surface area contributed by atoms with Crippen molar-refractivity contribution in [1.29, 1.82) is 0 Å². The maximum Gasteiger partial charge on any atom is 0.417 e. The molecule has 1 aromatic rings. The maximum absolute atomic E-state index is 12.7. The molecule has 0 radical (unpaired) electrons. The minimum absolute atomic E-state index is 0.0586. The molecule has 0 aliphatic carbocycles. The van der Waals surface area contributed by atoms with Crippen LogP contribution in [0.5, 0.6) is 0 Å². The van der Waals surface area contributed by atoms with Crippen LogP contribution in [-0.4, -0.2) is 26.0 Å². The summed E-state index contributed by atoms with van der Waals surface area (Å²) < 4.78 is 60.5. The van der Waals surface area contributed by atoms with Crippen LogP contribution in [0.1, 0.15) is 12.0 Å². The van der Waals surface area contributed by atoms with Crippen molar-refractivity contribution in [3.63, 3.8) is 0 Å². The van der Waals surface area contributed by atoms with E-state index >= 15 is 0 Å². The highest BCUT2D eigenvalue weighted by Crippen LogP contribution is 2.36. The van der Waals surface area contributed by atoms with E-state index < -0.39 is 21.6 Å². The van der Waals surface area contributed by atoms with Gasteiger partial charge in [0.15, 0.2) is 9.84 Å². The van der Waals surface area contributed by atoms with E-state index in [1.54, 1.807) is 0 Å². The zero-order valence-corrected chi connectivity index (χ0v) is 11.2. The molecule has 0 spiro atoms. The number of nitrogens with one attached hydrogen (secondary N) is 1. The van der Waals surface area contributed by atoms with Crippen LogP contribution in [0, 0.1) is 0 Å². The Morgan fingerprint density at radius 2 is 2.00 bits per heavy atom. The van der Waals surface area contributed by atoms with Gasteiger partial charge >= 0.3 is 6.18 Å². The van der Waals surface area contributed by atoms with E-state index in [0.717, 1.165) is 12.1 Å². The number of rotatable bonds is 2. The van der Waals surface area contributed by atoms with Crippen LogP contribution in [0.3, 0.4) is 0 Å². The summed E-state index contributed by atoms with van der Waals surface area (Å²) in [7, 11) is -3.07. The van der Waals surface area contributed by atoms with Gasteiger partial charge in [-0.15, -0.1) is 0 Å². The zero-order chi connectivity index (χ0) is 14.3. The molecule has 0 aromatic heterocycles. The minimum atomic E-state index is -4.53. The molecule has 0 saturated carbocycles. The van der Waals surface area contributed by atoms with E-state index in [4.69, 9.17) is 11.6 Å². The third-order valence-corrected chi connectivity index (χ3v) is 4.97. The number of alkyl halides is 3. The van der Waals surface area contributed by atoms with Crippen LogP contribution in [-0.2, 0) is 16.0 Å². The van der Waals surface area contributed by atoms with Gasteiger partial charge in [-0.25, -0.2) is 8.42 Å². The average Bonchev–Trinajstić information content (AvgIpc) is 2.59. The van der Waals surface area contributed by atoms with Crippen LogP contribution in [0.15, 0.2) is 18.2 Å². The Morgan fingerprint density at radius 1 is 1.32 bits per heavy atom. The predicted molar refractivity (Wildman–Crippen MR) is 67.1 cm³/mol. The van der Waals surface area contributed by atoms with Gasteiger partial charge in [-0.1, -0.05) is 11.6 Å². The molecular weight excluding hydrogens is 303 g/mol. The van der Waals surface area contributed by atoms with Crippen molar-refractivity contribution in [3.05, 3.63) is 28.8 Å². The fourth-order valence-electron chi connectivity index (χ4n) is 1.98. The first-order chi connectivity index (χ1) is 8.67. The second-order valence-corrected chi connectivity index (χ2v) is 7.07. The average molecular weight is 314 g/mol. The molecule has 1 fully saturated rings. The molecular formula is C11H11ClF3NO2S. The summed E-state index contributed by atoms with van der Waals surface area (Å²) in [4.78, 5) is 0. The van der Waals surface area contributed by atoms with E-state index in [2.05, 4.69) is 5.32 Å². The number of halogens is 4.